The number of hydrogen-bond acceptors (Lipinski definition) is 3. The van der Waals surface area contributed by atoms with Gasteiger partial charge in [0.2, 0.25) is 15.9 Å². The first-order valence-corrected chi connectivity index (χ1v) is 9.40. The van der Waals surface area contributed by atoms with Crippen LogP contribution < -0.4 is 5.32 Å². The number of benzene rings is 1. The quantitative estimate of drug-likeness (QED) is 0.805. The molecule has 124 valence electrons. The van der Waals surface area contributed by atoms with Crippen molar-refractivity contribution in [1.29, 1.82) is 0 Å². The van der Waals surface area contributed by atoms with Crippen LogP contribution in [0.3, 0.4) is 0 Å². The van der Waals surface area contributed by atoms with E-state index in [0.717, 1.165) is 10.6 Å². The van der Waals surface area contributed by atoms with Gasteiger partial charge >= 0.3 is 0 Å². The Kier molecular flexibility index (Phi) is 7.12. The summed E-state index contributed by atoms with van der Waals surface area (Å²) < 4.78 is 24.7. The molecule has 0 unspecified atom stereocenters. The molecule has 5 nitrogen and oxygen atoms in total. The van der Waals surface area contributed by atoms with E-state index in [1.807, 2.05) is 13.8 Å². The molecule has 0 fully saturated rings. The molecular weight excluding hydrogens is 347 g/mol. The van der Waals surface area contributed by atoms with Gasteiger partial charge in [0.25, 0.3) is 0 Å². The molecule has 0 spiro atoms. The molecule has 0 saturated heterocycles. The van der Waals surface area contributed by atoms with Crippen LogP contribution in [-0.2, 0) is 14.8 Å². The Morgan fingerprint density at radius 1 is 1.32 bits per heavy atom. The largest absolute Gasteiger partial charge is 0.324 e. The summed E-state index contributed by atoms with van der Waals surface area (Å²) in [6, 6.07) is 4.85. The molecule has 1 rings (SSSR count). The molecule has 22 heavy (non-hydrogen) atoms. The van der Waals surface area contributed by atoms with Gasteiger partial charge in [0.05, 0.1) is 28.5 Å². The van der Waals surface area contributed by atoms with Gasteiger partial charge < -0.3 is 5.32 Å². The first kappa shape index (κ1) is 19.2. The maximum absolute atomic E-state index is 12.1. The fourth-order valence-corrected chi connectivity index (χ4v) is 2.85. The number of rotatable bonds is 7. The number of anilines is 1. The Hall–Kier alpha value is -0.820. The fraction of sp³-hybridized carbons (Fsp3) is 0.500. The van der Waals surface area contributed by atoms with E-state index in [-0.39, 0.29) is 11.6 Å². The Balaban J connectivity index is 2.77. The summed E-state index contributed by atoms with van der Waals surface area (Å²) in [4.78, 5) is 12.1. The smallest absolute Gasteiger partial charge is 0.239 e. The molecule has 1 aromatic rings. The van der Waals surface area contributed by atoms with Gasteiger partial charge in [-0.25, -0.2) is 8.42 Å². The fourth-order valence-electron chi connectivity index (χ4n) is 1.71. The Bertz CT molecular complexity index is 633. The summed E-state index contributed by atoms with van der Waals surface area (Å²) in [5.41, 5.74) is 0.358. The molecular formula is C14H20Cl2N2O3S. The SMILES string of the molecule is CC(C)CCN(CC(=O)Nc1cccc(Cl)c1Cl)S(C)(=O)=O. The first-order valence-electron chi connectivity index (χ1n) is 6.80. The second-order valence-electron chi connectivity index (χ2n) is 5.43. The Labute approximate surface area is 141 Å². The molecule has 0 aliphatic heterocycles. The molecule has 0 bridgehead atoms. The van der Waals surface area contributed by atoms with E-state index in [9.17, 15) is 13.2 Å². The van der Waals surface area contributed by atoms with Crippen molar-refractivity contribution in [3.8, 4) is 0 Å². The number of sulfonamides is 1. The number of hydrogen-bond donors (Lipinski definition) is 1. The van der Waals surface area contributed by atoms with Crippen LogP contribution in [0.15, 0.2) is 18.2 Å². The summed E-state index contributed by atoms with van der Waals surface area (Å²) in [5.74, 6) is -0.118. The average Bonchev–Trinajstić information content (AvgIpc) is 2.38. The summed E-state index contributed by atoms with van der Waals surface area (Å²) >= 11 is 11.9. The molecule has 0 heterocycles. The van der Waals surface area contributed by atoms with Crippen LogP contribution in [0.5, 0.6) is 0 Å². The number of nitrogens with zero attached hydrogens (tertiary/aromatic N) is 1. The predicted molar refractivity (Wildman–Crippen MR) is 91.0 cm³/mol. The molecule has 0 radical (unpaired) electrons. The van der Waals surface area contributed by atoms with Crippen molar-refractivity contribution < 1.29 is 13.2 Å². The zero-order valence-electron chi connectivity index (χ0n) is 12.8. The van der Waals surface area contributed by atoms with Gasteiger partial charge in [-0.05, 0) is 24.5 Å². The number of carbonyl (C=O) groups excluding carboxylic acids is 1. The lowest BCUT2D eigenvalue weighted by Gasteiger charge is -2.20. The van der Waals surface area contributed by atoms with Crippen molar-refractivity contribution in [2.45, 2.75) is 20.3 Å². The van der Waals surface area contributed by atoms with Gasteiger partial charge in [0, 0.05) is 6.54 Å². The van der Waals surface area contributed by atoms with Crippen molar-refractivity contribution in [1.82, 2.24) is 4.31 Å². The monoisotopic (exact) mass is 366 g/mol. The Morgan fingerprint density at radius 2 is 1.95 bits per heavy atom. The molecule has 0 aliphatic carbocycles. The number of halogens is 2. The topological polar surface area (TPSA) is 66.5 Å². The number of amides is 1. The highest BCUT2D eigenvalue weighted by Gasteiger charge is 2.20. The van der Waals surface area contributed by atoms with E-state index < -0.39 is 15.9 Å². The van der Waals surface area contributed by atoms with Gasteiger partial charge in [-0.15, -0.1) is 0 Å². The van der Waals surface area contributed by atoms with Crippen LogP contribution in [0.25, 0.3) is 0 Å². The zero-order valence-corrected chi connectivity index (χ0v) is 15.1. The highest BCUT2D eigenvalue weighted by molar-refractivity contribution is 7.88. The van der Waals surface area contributed by atoms with E-state index >= 15 is 0 Å². The van der Waals surface area contributed by atoms with Gasteiger partial charge in [0.15, 0.2) is 0 Å². The molecule has 1 aromatic carbocycles. The molecule has 1 N–H and O–H groups in total. The van der Waals surface area contributed by atoms with E-state index in [1.165, 1.54) is 0 Å². The van der Waals surface area contributed by atoms with Gasteiger partial charge in [-0.1, -0.05) is 43.1 Å². The lowest BCUT2D eigenvalue weighted by molar-refractivity contribution is -0.116. The van der Waals surface area contributed by atoms with Crippen molar-refractivity contribution in [3.63, 3.8) is 0 Å². The minimum atomic E-state index is -3.45. The van der Waals surface area contributed by atoms with Crippen molar-refractivity contribution in [3.05, 3.63) is 28.2 Å². The summed E-state index contributed by atoms with van der Waals surface area (Å²) in [7, 11) is -3.45. The van der Waals surface area contributed by atoms with Crippen LogP contribution in [0.1, 0.15) is 20.3 Å². The van der Waals surface area contributed by atoms with Crippen molar-refractivity contribution >= 4 is 44.8 Å². The van der Waals surface area contributed by atoms with Crippen molar-refractivity contribution in [2.75, 3.05) is 24.7 Å². The van der Waals surface area contributed by atoms with Crippen molar-refractivity contribution in [2.24, 2.45) is 5.92 Å². The normalized spacial score (nSPS) is 12.0. The lowest BCUT2D eigenvalue weighted by Crippen LogP contribution is -2.38. The second-order valence-corrected chi connectivity index (χ2v) is 8.20. The lowest BCUT2D eigenvalue weighted by atomic mass is 10.1. The standard InChI is InChI=1S/C14H20Cl2N2O3S/c1-10(2)7-8-18(22(3,20)21)9-13(19)17-12-6-4-5-11(15)14(12)16/h4-6,10H,7-9H2,1-3H3,(H,17,19). The molecule has 0 atom stereocenters. The molecule has 1 amide bonds. The van der Waals surface area contributed by atoms with E-state index in [0.29, 0.717) is 29.6 Å². The maximum Gasteiger partial charge on any atom is 0.239 e. The minimum Gasteiger partial charge on any atom is -0.324 e. The predicted octanol–water partition coefficient (Wildman–Crippen LogP) is 3.24. The summed E-state index contributed by atoms with van der Waals surface area (Å²) in [5, 5.41) is 3.13. The number of carbonyl (C=O) groups is 1. The maximum atomic E-state index is 12.1. The average molecular weight is 367 g/mol. The van der Waals surface area contributed by atoms with E-state index in [1.54, 1.807) is 18.2 Å². The number of nitrogens with one attached hydrogen (secondary N) is 1. The Morgan fingerprint density at radius 3 is 2.50 bits per heavy atom. The summed E-state index contributed by atoms with van der Waals surface area (Å²) in [6.07, 6.45) is 1.77. The summed E-state index contributed by atoms with van der Waals surface area (Å²) in [6.45, 7) is 4.03. The van der Waals surface area contributed by atoms with Crippen LogP contribution in [0, 0.1) is 5.92 Å². The highest BCUT2D eigenvalue weighted by Crippen LogP contribution is 2.29. The van der Waals surface area contributed by atoms with E-state index in [2.05, 4.69) is 5.32 Å². The van der Waals surface area contributed by atoms with Crippen LogP contribution in [-0.4, -0.2) is 38.0 Å². The van der Waals surface area contributed by atoms with E-state index in [4.69, 9.17) is 23.2 Å². The van der Waals surface area contributed by atoms with Gasteiger partial charge in [-0.2, -0.15) is 4.31 Å². The highest BCUT2D eigenvalue weighted by atomic mass is 35.5. The van der Waals surface area contributed by atoms with Gasteiger partial charge in [0.1, 0.15) is 0 Å². The molecule has 8 heteroatoms. The minimum absolute atomic E-state index is 0.227. The zero-order chi connectivity index (χ0) is 16.9. The third kappa shape index (κ3) is 6.12. The third-order valence-electron chi connectivity index (χ3n) is 2.97. The molecule has 0 saturated carbocycles. The van der Waals surface area contributed by atoms with Crippen LogP contribution in [0.2, 0.25) is 10.0 Å². The molecule has 0 aliphatic rings. The second kappa shape index (κ2) is 8.15. The van der Waals surface area contributed by atoms with Crippen LogP contribution in [0.4, 0.5) is 5.69 Å². The molecule has 0 aromatic heterocycles. The van der Waals surface area contributed by atoms with Gasteiger partial charge in [-0.3, -0.25) is 4.79 Å². The third-order valence-corrected chi connectivity index (χ3v) is 5.04. The van der Waals surface area contributed by atoms with Crippen LogP contribution >= 0.6 is 23.2 Å². The first-order chi connectivity index (χ1) is 10.1.